The maximum atomic E-state index is 13.8. The lowest BCUT2D eigenvalue weighted by Gasteiger charge is -2.21. The van der Waals surface area contributed by atoms with Gasteiger partial charge in [-0.15, -0.1) is 0 Å². The number of rotatable bonds is 8. The van der Waals surface area contributed by atoms with Crippen LogP contribution in [-0.2, 0) is 27.8 Å². The maximum Gasteiger partial charge on any atom is 0.251 e. The Balaban J connectivity index is 1.60. The minimum absolute atomic E-state index is 0.102. The van der Waals surface area contributed by atoms with Crippen molar-refractivity contribution in [3.8, 4) is 5.75 Å². The van der Waals surface area contributed by atoms with Gasteiger partial charge in [-0.05, 0) is 61.7 Å². The molecule has 9 heteroatoms. The molecule has 1 aliphatic heterocycles. The molecule has 2 aromatic carbocycles. The average Bonchev–Trinajstić information content (AvgIpc) is 2.73. The van der Waals surface area contributed by atoms with Crippen molar-refractivity contribution in [2.75, 3.05) is 13.3 Å². The van der Waals surface area contributed by atoms with E-state index < -0.39 is 10.0 Å². The molecule has 30 heavy (non-hydrogen) atoms. The number of sulfonamides is 1. The van der Waals surface area contributed by atoms with E-state index in [4.69, 9.17) is 9.47 Å². The highest BCUT2D eigenvalue weighted by Crippen LogP contribution is 2.29. The Morgan fingerprint density at radius 1 is 1.23 bits per heavy atom. The Labute approximate surface area is 175 Å². The Hall–Kier alpha value is -2.49. The number of amides is 1. The smallest absolute Gasteiger partial charge is 0.251 e. The van der Waals surface area contributed by atoms with E-state index in [0.717, 1.165) is 0 Å². The summed E-state index contributed by atoms with van der Waals surface area (Å²) >= 11 is 0. The molecular formula is C21H25FN2O5S. The Morgan fingerprint density at radius 2 is 1.97 bits per heavy atom. The average molecular weight is 437 g/mol. The van der Waals surface area contributed by atoms with Crippen molar-refractivity contribution >= 4 is 15.9 Å². The van der Waals surface area contributed by atoms with Crippen LogP contribution in [-0.4, -0.2) is 33.7 Å². The van der Waals surface area contributed by atoms with Crippen molar-refractivity contribution in [2.24, 2.45) is 0 Å². The zero-order chi connectivity index (χ0) is 21.7. The molecule has 0 fully saturated rings. The molecule has 2 aromatic rings. The molecule has 162 valence electrons. The number of fused-ring (bicyclic) bond motifs is 1. The van der Waals surface area contributed by atoms with E-state index in [9.17, 15) is 17.6 Å². The van der Waals surface area contributed by atoms with E-state index >= 15 is 0 Å². The fourth-order valence-electron chi connectivity index (χ4n) is 3.06. The highest BCUT2D eigenvalue weighted by atomic mass is 32.2. The maximum absolute atomic E-state index is 13.8. The first kappa shape index (κ1) is 22.2. The number of hydrogen-bond acceptors (Lipinski definition) is 5. The molecule has 1 heterocycles. The first-order chi connectivity index (χ1) is 14.3. The lowest BCUT2D eigenvalue weighted by molar-refractivity contribution is -0.0172. The van der Waals surface area contributed by atoms with E-state index in [1.54, 1.807) is 6.92 Å². The molecule has 0 aromatic heterocycles. The fraction of sp³-hybridized carbons (Fsp3) is 0.381. The Morgan fingerprint density at radius 3 is 2.67 bits per heavy atom. The summed E-state index contributed by atoms with van der Waals surface area (Å²) in [5.74, 6) is -0.129. The first-order valence-electron chi connectivity index (χ1n) is 9.72. The van der Waals surface area contributed by atoms with Crippen LogP contribution in [0.1, 0.15) is 41.8 Å². The molecule has 3 rings (SSSR count). The van der Waals surface area contributed by atoms with Gasteiger partial charge in [0.15, 0.2) is 6.79 Å². The topological polar surface area (TPSA) is 93.7 Å². The number of nitrogens with one attached hydrogen (secondary N) is 2. The normalized spacial score (nSPS) is 14.5. The molecule has 0 saturated heterocycles. The zero-order valence-corrected chi connectivity index (χ0v) is 17.7. The van der Waals surface area contributed by atoms with Gasteiger partial charge in [0.1, 0.15) is 11.6 Å². The monoisotopic (exact) mass is 436 g/mol. The first-order valence-corrected chi connectivity index (χ1v) is 11.2. The highest BCUT2D eigenvalue weighted by molar-refractivity contribution is 7.89. The largest absolute Gasteiger partial charge is 0.467 e. The molecule has 1 atom stereocenters. The van der Waals surface area contributed by atoms with E-state index in [1.165, 1.54) is 36.4 Å². The van der Waals surface area contributed by atoms with Crippen LogP contribution < -0.4 is 14.8 Å². The van der Waals surface area contributed by atoms with Gasteiger partial charge >= 0.3 is 0 Å². The van der Waals surface area contributed by atoms with Gasteiger partial charge in [0, 0.05) is 23.7 Å². The van der Waals surface area contributed by atoms with Crippen LogP contribution in [0.15, 0.2) is 41.3 Å². The number of halogens is 1. The quantitative estimate of drug-likeness (QED) is 0.664. The molecule has 0 spiro atoms. The molecule has 1 unspecified atom stereocenters. The Bertz CT molecular complexity index is 1010. The number of carbonyl (C=O) groups is 1. The minimum Gasteiger partial charge on any atom is -0.467 e. The van der Waals surface area contributed by atoms with Gasteiger partial charge in [-0.2, -0.15) is 0 Å². The van der Waals surface area contributed by atoms with Crippen LogP contribution in [0.3, 0.4) is 0 Å². The third kappa shape index (κ3) is 5.35. The third-order valence-corrected chi connectivity index (χ3v) is 6.43. The second-order valence-corrected chi connectivity index (χ2v) is 8.84. The predicted octanol–water partition coefficient (Wildman–Crippen LogP) is 2.74. The summed E-state index contributed by atoms with van der Waals surface area (Å²) in [5, 5.41) is 2.76. The van der Waals surface area contributed by atoms with Crippen molar-refractivity contribution in [1.29, 1.82) is 0 Å². The second kappa shape index (κ2) is 9.55. The second-order valence-electron chi connectivity index (χ2n) is 7.12. The van der Waals surface area contributed by atoms with Crippen LogP contribution in [0.2, 0.25) is 0 Å². The number of benzene rings is 2. The summed E-state index contributed by atoms with van der Waals surface area (Å²) in [6, 6.07) is 8.31. The number of hydrogen-bond donors (Lipinski definition) is 2. The van der Waals surface area contributed by atoms with Crippen molar-refractivity contribution < 1.29 is 27.1 Å². The van der Waals surface area contributed by atoms with Crippen LogP contribution in [0.25, 0.3) is 0 Å². The summed E-state index contributed by atoms with van der Waals surface area (Å²) < 4.78 is 51.6. The molecule has 1 amide bonds. The van der Waals surface area contributed by atoms with E-state index in [1.807, 2.05) is 6.92 Å². The van der Waals surface area contributed by atoms with Crippen molar-refractivity contribution in [1.82, 2.24) is 10.0 Å². The van der Waals surface area contributed by atoms with Gasteiger partial charge in [-0.25, -0.2) is 17.5 Å². The van der Waals surface area contributed by atoms with Crippen LogP contribution in [0, 0.1) is 5.82 Å². The van der Waals surface area contributed by atoms with Crippen LogP contribution in [0.4, 0.5) is 4.39 Å². The number of carbonyl (C=O) groups excluding carboxylic acids is 1. The summed E-state index contributed by atoms with van der Waals surface area (Å²) in [5.41, 5.74) is 1.64. The molecule has 0 aliphatic carbocycles. The van der Waals surface area contributed by atoms with Gasteiger partial charge in [0.2, 0.25) is 10.0 Å². The standard InChI is InChI=1S/C21H25FN2O5S/c1-3-14(2)24-30(26,27)19-6-4-15(5-7-19)21(25)23-9-8-16-10-18(22)11-17-12-28-13-29-20(16)17/h4-7,10-11,14,24H,3,8-9,12-13H2,1-2H3,(H,23,25). The van der Waals surface area contributed by atoms with Gasteiger partial charge in [0.25, 0.3) is 5.91 Å². The minimum atomic E-state index is -3.62. The lowest BCUT2D eigenvalue weighted by Crippen LogP contribution is -2.32. The summed E-state index contributed by atoms with van der Waals surface area (Å²) in [6.07, 6.45) is 1.06. The molecular weight excluding hydrogens is 411 g/mol. The Kier molecular flexibility index (Phi) is 7.06. The van der Waals surface area contributed by atoms with Crippen molar-refractivity contribution in [3.05, 3.63) is 58.9 Å². The van der Waals surface area contributed by atoms with Crippen molar-refractivity contribution in [3.63, 3.8) is 0 Å². The molecule has 0 radical (unpaired) electrons. The SMILES string of the molecule is CCC(C)NS(=O)(=O)c1ccc(C(=O)NCCc2cc(F)cc3c2OCOC3)cc1. The fourth-order valence-corrected chi connectivity index (χ4v) is 4.38. The van der Waals surface area contributed by atoms with Gasteiger partial charge < -0.3 is 14.8 Å². The number of ether oxygens (including phenoxy) is 2. The third-order valence-electron chi connectivity index (χ3n) is 4.83. The van der Waals surface area contributed by atoms with Crippen molar-refractivity contribution in [2.45, 2.75) is 44.2 Å². The lowest BCUT2D eigenvalue weighted by atomic mass is 10.1. The summed E-state index contributed by atoms with van der Waals surface area (Å²) in [6.45, 7) is 4.34. The van der Waals surface area contributed by atoms with Crippen LogP contribution in [0.5, 0.6) is 5.75 Å². The molecule has 2 N–H and O–H groups in total. The highest BCUT2D eigenvalue weighted by Gasteiger charge is 2.18. The molecule has 7 nitrogen and oxygen atoms in total. The molecule has 0 bridgehead atoms. The van der Waals surface area contributed by atoms with E-state index in [2.05, 4.69) is 10.0 Å². The van der Waals surface area contributed by atoms with E-state index in [0.29, 0.717) is 35.3 Å². The van der Waals surface area contributed by atoms with Gasteiger partial charge in [-0.1, -0.05) is 6.92 Å². The summed E-state index contributed by atoms with van der Waals surface area (Å²) in [4.78, 5) is 12.5. The molecule has 0 saturated carbocycles. The van der Waals surface area contributed by atoms with Gasteiger partial charge in [-0.3, -0.25) is 4.79 Å². The zero-order valence-electron chi connectivity index (χ0n) is 16.9. The summed E-state index contributed by atoms with van der Waals surface area (Å²) in [7, 11) is -3.62. The van der Waals surface area contributed by atoms with Gasteiger partial charge in [0.05, 0.1) is 11.5 Å². The van der Waals surface area contributed by atoms with Crippen LogP contribution >= 0.6 is 0 Å². The predicted molar refractivity (Wildman–Crippen MR) is 109 cm³/mol. The molecule has 1 aliphatic rings. The van der Waals surface area contributed by atoms with E-state index in [-0.39, 0.29) is 42.6 Å².